The van der Waals surface area contributed by atoms with E-state index in [0.29, 0.717) is 11.5 Å². The molecule has 3 rings (SSSR count). The summed E-state index contributed by atoms with van der Waals surface area (Å²) in [6, 6.07) is 12.2. The molecule has 1 unspecified atom stereocenters. The Morgan fingerprint density at radius 2 is 2.00 bits per heavy atom. The van der Waals surface area contributed by atoms with Crippen LogP contribution in [0.1, 0.15) is 23.4 Å². The predicted molar refractivity (Wildman–Crippen MR) is 89.1 cm³/mol. The number of urea groups is 1. The molecule has 2 aromatic rings. The van der Waals surface area contributed by atoms with E-state index in [1.165, 1.54) is 11.3 Å². The number of benzene rings is 1. The van der Waals surface area contributed by atoms with E-state index in [4.69, 9.17) is 9.47 Å². The summed E-state index contributed by atoms with van der Waals surface area (Å²) < 4.78 is 10.5. The summed E-state index contributed by atoms with van der Waals surface area (Å²) in [6.45, 7) is 1.80. The zero-order chi connectivity index (χ0) is 16.9. The van der Waals surface area contributed by atoms with E-state index in [1.807, 2.05) is 47.8 Å². The van der Waals surface area contributed by atoms with Crippen LogP contribution in [0.15, 0.2) is 59.3 Å². The van der Waals surface area contributed by atoms with Crippen LogP contribution in [0.25, 0.3) is 0 Å². The first-order valence-corrected chi connectivity index (χ1v) is 8.21. The second-order valence-electron chi connectivity index (χ2n) is 5.16. The quantitative estimate of drug-likeness (QED) is 0.830. The van der Waals surface area contributed by atoms with Crippen molar-refractivity contribution in [2.75, 3.05) is 0 Å². The molecule has 0 saturated carbocycles. The van der Waals surface area contributed by atoms with Crippen LogP contribution in [0.5, 0.6) is 0 Å². The van der Waals surface area contributed by atoms with Gasteiger partial charge in [0.2, 0.25) is 0 Å². The first-order valence-electron chi connectivity index (χ1n) is 7.33. The zero-order valence-corrected chi connectivity index (χ0v) is 13.8. The van der Waals surface area contributed by atoms with E-state index in [-0.39, 0.29) is 12.6 Å². The Kier molecular flexibility index (Phi) is 4.81. The topological polar surface area (TPSA) is 76.7 Å². The average molecular weight is 344 g/mol. The molecule has 0 saturated heterocycles. The summed E-state index contributed by atoms with van der Waals surface area (Å²) in [5, 5.41) is 7.24. The number of hydrogen-bond acceptors (Lipinski definition) is 5. The minimum absolute atomic E-state index is 0.120. The van der Waals surface area contributed by atoms with Crippen LogP contribution in [-0.4, -0.2) is 12.2 Å². The molecule has 1 aliphatic rings. The Morgan fingerprint density at radius 3 is 2.71 bits per heavy atom. The standard InChI is InChI=1S/C17H16N2O4S/c1-11-15(14(19-16(20)18-11)13-8-5-9-24-13)23-17(21)22-10-12-6-3-2-4-7-12/h2-9,14H,10H2,1H3,(H2,18,19,20). The molecule has 0 radical (unpaired) electrons. The molecule has 2 N–H and O–H groups in total. The van der Waals surface area contributed by atoms with Gasteiger partial charge in [-0.25, -0.2) is 9.59 Å². The molecule has 0 bridgehead atoms. The maximum Gasteiger partial charge on any atom is 0.514 e. The lowest BCUT2D eigenvalue weighted by atomic mass is 10.1. The summed E-state index contributed by atoms with van der Waals surface area (Å²) in [6.07, 6.45) is -0.812. The number of carbonyl (C=O) groups excluding carboxylic acids is 2. The molecular formula is C17H16N2O4S. The molecule has 1 aliphatic heterocycles. The number of amides is 2. The van der Waals surface area contributed by atoms with Crippen molar-refractivity contribution in [1.29, 1.82) is 0 Å². The summed E-state index contributed by atoms with van der Waals surface area (Å²) in [5.74, 6) is 0.329. The highest BCUT2D eigenvalue weighted by atomic mass is 32.1. The van der Waals surface area contributed by atoms with E-state index in [2.05, 4.69) is 10.6 Å². The van der Waals surface area contributed by atoms with Crippen molar-refractivity contribution in [3.05, 3.63) is 69.7 Å². The highest BCUT2D eigenvalue weighted by molar-refractivity contribution is 7.10. The van der Waals surface area contributed by atoms with E-state index in [9.17, 15) is 9.59 Å². The summed E-state index contributed by atoms with van der Waals surface area (Å²) in [4.78, 5) is 24.6. The second kappa shape index (κ2) is 7.18. The van der Waals surface area contributed by atoms with Gasteiger partial charge in [0.15, 0.2) is 5.76 Å². The number of rotatable bonds is 4. The van der Waals surface area contributed by atoms with E-state index < -0.39 is 12.2 Å². The molecular weight excluding hydrogens is 328 g/mol. The van der Waals surface area contributed by atoms with Crippen molar-refractivity contribution < 1.29 is 19.1 Å². The fraction of sp³-hybridized carbons (Fsp3) is 0.176. The number of carbonyl (C=O) groups is 2. The van der Waals surface area contributed by atoms with Gasteiger partial charge in [-0.2, -0.15) is 0 Å². The van der Waals surface area contributed by atoms with E-state index in [0.717, 1.165) is 10.4 Å². The lowest BCUT2D eigenvalue weighted by Gasteiger charge is -2.27. The van der Waals surface area contributed by atoms with Gasteiger partial charge >= 0.3 is 12.2 Å². The molecule has 1 aromatic carbocycles. The lowest BCUT2D eigenvalue weighted by molar-refractivity contribution is 0.0645. The number of nitrogens with one attached hydrogen (secondary N) is 2. The molecule has 24 heavy (non-hydrogen) atoms. The largest absolute Gasteiger partial charge is 0.514 e. The maximum absolute atomic E-state index is 12.0. The van der Waals surface area contributed by atoms with Crippen LogP contribution in [-0.2, 0) is 16.1 Å². The van der Waals surface area contributed by atoms with Crippen molar-refractivity contribution in [2.45, 2.75) is 19.6 Å². The van der Waals surface area contributed by atoms with Gasteiger partial charge < -0.3 is 20.1 Å². The summed E-state index contributed by atoms with van der Waals surface area (Å²) in [5.41, 5.74) is 1.35. The normalized spacial score (nSPS) is 17.0. The Hall–Kier alpha value is -2.80. The average Bonchev–Trinajstić information content (AvgIpc) is 3.10. The minimum Gasteiger partial charge on any atom is -0.429 e. The maximum atomic E-state index is 12.0. The third kappa shape index (κ3) is 3.75. The van der Waals surface area contributed by atoms with Crippen LogP contribution < -0.4 is 10.6 Å². The SMILES string of the molecule is CC1=C(OC(=O)OCc2ccccc2)C(c2cccs2)NC(=O)N1. The molecule has 0 spiro atoms. The Balaban J connectivity index is 1.70. The van der Waals surface area contributed by atoms with Gasteiger partial charge in [-0.1, -0.05) is 36.4 Å². The number of ether oxygens (including phenoxy) is 2. The summed E-state index contributed by atoms with van der Waals surface area (Å²) >= 11 is 1.47. The number of allylic oxidation sites excluding steroid dienone is 1. The molecule has 124 valence electrons. The second-order valence-corrected chi connectivity index (χ2v) is 6.14. The van der Waals surface area contributed by atoms with Gasteiger partial charge in [-0.15, -0.1) is 11.3 Å². The lowest BCUT2D eigenvalue weighted by Crippen LogP contribution is -2.44. The van der Waals surface area contributed by atoms with Gasteiger partial charge in [0.05, 0.1) is 5.70 Å². The Bertz CT molecular complexity index is 756. The van der Waals surface area contributed by atoms with Crippen LogP contribution in [0.2, 0.25) is 0 Å². The molecule has 1 aromatic heterocycles. The first kappa shape index (κ1) is 16.1. The van der Waals surface area contributed by atoms with Crippen molar-refractivity contribution in [1.82, 2.24) is 10.6 Å². The molecule has 0 fully saturated rings. The Morgan fingerprint density at radius 1 is 1.21 bits per heavy atom. The fourth-order valence-electron chi connectivity index (χ4n) is 2.31. The summed E-state index contributed by atoms with van der Waals surface area (Å²) in [7, 11) is 0. The van der Waals surface area contributed by atoms with E-state index >= 15 is 0 Å². The third-order valence-corrected chi connectivity index (χ3v) is 4.37. The molecule has 2 amide bonds. The van der Waals surface area contributed by atoms with Crippen LogP contribution in [0, 0.1) is 0 Å². The van der Waals surface area contributed by atoms with Gasteiger partial charge in [-0.05, 0) is 23.9 Å². The number of thiophene rings is 1. The monoisotopic (exact) mass is 344 g/mol. The van der Waals surface area contributed by atoms with E-state index in [1.54, 1.807) is 6.92 Å². The highest BCUT2D eigenvalue weighted by Crippen LogP contribution is 2.30. The third-order valence-electron chi connectivity index (χ3n) is 3.43. The van der Waals surface area contributed by atoms with Gasteiger partial charge in [0, 0.05) is 4.88 Å². The Labute approximate surface area is 143 Å². The van der Waals surface area contributed by atoms with Crippen LogP contribution in [0.3, 0.4) is 0 Å². The smallest absolute Gasteiger partial charge is 0.429 e. The first-order chi connectivity index (χ1) is 11.6. The van der Waals surface area contributed by atoms with Gasteiger partial charge in [0.25, 0.3) is 0 Å². The molecule has 2 heterocycles. The van der Waals surface area contributed by atoms with Gasteiger partial charge in [0.1, 0.15) is 12.6 Å². The molecule has 6 nitrogen and oxygen atoms in total. The van der Waals surface area contributed by atoms with Crippen molar-refractivity contribution in [3.8, 4) is 0 Å². The van der Waals surface area contributed by atoms with Crippen molar-refractivity contribution in [3.63, 3.8) is 0 Å². The fourth-order valence-corrected chi connectivity index (χ4v) is 3.08. The highest BCUT2D eigenvalue weighted by Gasteiger charge is 2.30. The van der Waals surface area contributed by atoms with Crippen LogP contribution in [0.4, 0.5) is 9.59 Å². The molecule has 0 aliphatic carbocycles. The van der Waals surface area contributed by atoms with Gasteiger partial charge in [-0.3, -0.25) is 0 Å². The molecule has 1 atom stereocenters. The van der Waals surface area contributed by atoms with Crippen molar-refractivity contribution >= 4 is 23.5 Å². The predicted octanol–water partition coefficient (Wildman–Crippen LogP) is 3.69. The number of hydrogen-bond donors (Lipinski definition) is 2. The minimum atomic E-state index is -0.812. The van der Waals surface area contributed by atoms with Crippen molar-refractivity contribution in [2.24, 2.45) is 0 Å². The molecule has 7 heteroatoms. The van der Waals surface area contributed by atoms with Crippen LogP contribution >= 0.6 is 11.3 Å². The zero-order valence-electron chi connectivity index (χ0n) is 12.9.